The zero-order valence-corrected chi connectivity index (χ0v) is 15.5. The van der Waals surface area contributed by atoms with Gasteiger partial charge in [-0.05, 0) is 43.2 Å². The first-order valence-electron chi connectivity index (χ1n) is 8.91. The van der Waals surface area contributed by atoms with Crippen LogP contribution in [0.15, 0.2) is 60.9 Å². The topological polar surface area (TPSA) is 76.0 Å². The molecule has 0 saturated heterocycles. The Labute approximate surface area is 162 Å². The van der Waals surface area contributed by atoms with Gasteiger partial charge < -0.3 is 10.6 Å². The first-order chi connectivity index (χ1) is 13.5. The molecule has 3 aromatic rings. The smallest absolute Gasteiger partial charge is 0.255 e. The van der Waals surface area contributed by atoms with Crippen LogP contribution in [0.3, 0.4) is 0 Å². The average Bonchev–Trinajstić information content (AvgIpc) is 3.09. The van der Waals surface area contributed by atoms with E-state index in [1.165, 1.54) is 46.3 Å². The highest BCUT2D eigenvalue weighted by molar-refractivity contribution is 6.04. The van der Waals surface area contributed by atoms with E-state index >= 15 is 0 Å². The number of aryl methyl sites for hydroxylation is 1. The fourth-order valence-corrected chi connectivity index (χ4v) is 2.74. The molecule has 0 atom stereocenters. The van der Waals surface area contributed by atoms with Crippen LogP contribution in [-0.2, 0) is 17.8 Å². The van der Waals surface area contributed by atoms with E-state index in [2.05, 4.69) is 21.8 Å². The summed E-state index contributed by atoms with van der Waals surface area (Å²) < 4.78 is 14.4. The standard InChI is InChI=1S/C21H21FN4O2/c1-15-3-2-4-16(11-15)9-10-23-20(27)14-26-13-19(12-24-26)25-21(28)17-5-7-18(22)8-6-17/h2-8,11-13H,9-10,14H2,1H3,(H,23,27)(H,25,28). The highest BCUT2D eigenvalue weighted by atomic mass is 19.1. The summed E-state index contributed by atoms with van der Waals surface area (Å²) in [5.74, 6) is -0.938. The second-order valence-electron chi connectivity index (χ2n) is 6.48. The minimum atomic E-state index is -0.405. The Kier molecular flexibility index (Phi) is 6.16. The number of benzene rings is 2. The second kappa shape index (κ2) is 8.94. The molecular formula is C21H21FN4O2. The molecule has 0 aliphatic rings. The van der Waals surface area contributed by atoms with Gasteiger partial charge >= 0.3 is 0 Å². The minimum Gasteiger partial charge on any atom is -0.354 e. The van der Waals surface area contributed by atoms with Gasteiger partial charge in [-0.25, -0.2) is 4.39 Å². The van der Waals surface area contributed by atoms with E-state index < -0.39 is 5.82 Å². The summed E-state index contributed by atoms with van der Waals surface area (Å²) in [7, 11) is 0. The third kappa shape index (κ3) is 5.51. The van der Waals surface area contributed by atoms with Crippen LogP contribution >= 0.6 is 0 Å². The number of hydrogen-bond donors (Lipinski definition) is 2. The molecule has 1 heterocycles. The van der Waals surface area contributed by atoms with Crippen molar-refractivity contribution < 1.29 is 14.0 Å². The Morgan fingerprint density at radius 2 is 1.93 bits per heavy atom. The maximum atomic E-state index is 12.9. The van der Waals surface area contributed by atoms with Crippen LogP contribution < -0.4 is 10.6 Å². The molecule has 6 nitrogen and oxygen atoms in total. The molecule has 0 spiro atoms. The lowest BCUT2D eigenvalue weighted by atomic mass is 10.1. The molecule has 0 saturated carbocycles. The SMILES string of the molecule is Cc1cccc(CCNC(=O)Cn2cc(NC(=O)c3ccc(F)cc3)cn2)c1. The molecule has 144 valence electrons. The van der Waals surface area contributed by atoms with Crippen molar-refractivity contribution in [2.75, 3.05) is 11.9 Å². The van der Waals surface area contributed by atoms with Crippen molar-refractivity contribution in [2.45, 2.75) is 19.9 Å². The van der Waals surface area contributed by atoms with Gasteiger partial charge in [-0.15, -0.1) is 0 Å². The molecule has 0 bridgehead atoms. The van der Waals surface area contributed by atoms with Crippen molar-refractivity contribution in [1.29, 1.82) is 0 Å². The van der Waals surface area contributed by atoms with Gasteiger partial charge in [-0.1, -0.05) is 29.8 Å². The number of aromatic nitrogens is 2. The fourth-order valence-electron chi connectivity index (χ4n) is 2.74. The number of anilines is 1. The Bertz CT molecular complexity index is 967. The zero-order valence-electron chi connectivity index (χ0n) is 15.5. The monoisotopic (exact) mass is 380 g/mol. The van der Waals surface area contributed by atoms with Gasteiger partial charge in [0.2, 0.25) is 5.91 Å². The number of rotatable bonds is 7. The molecule has 7 heteroatoms. The first kappa shape index (κ1) is 19.3. The maximum absolute atomic E-state index is 12.9. The van der Waals surface area contributed by atoms with Gasteiger partial charge in [0, 0.05) is 18.3 Å². The Hall–Kier alpha value is -3.48. The summed E-state index contributed by atoms with van der Waals surface area (Å²) in [6, 6.07) is 13.4. The summed E-state index contributed by atoms with van der Waals surface area (Å²) in [6.07, 6.45) is 3.79. The predicted octanol–water partition coefficient (Wildman–Crippen LogP) is 2.94. The van der Waals surface area contributed by atoms with E-state index in [9.17, 15) is 14.0 Å². The molecular weight excluding hydrogens is 359 g/mol. The van der Waals surface area contributed by atoms with Crippen molar-refractivity contribution in [3.63, 3.8) is 0 Å². The van der Waals surface area contributed by atoms with E-state index in [4.69, 9.17) is 0 Å². The molecule has 3 rings (SSSR count). The van der Waals surface area contributed by atoms with Gasteiger partial charge in [0.1, 0.15) is 12.4 Å². The molecule has 0 fully saturated rings. The molecule has 2 aromatic carbocycles. The molecule has 0 aliphatic heterocycles. The van der Waals surface area contributed by atoms with Crippen LogP contribution in [0.1, 0.15) is 21.5 Å². The number of carbonyl (C=O) groups is 2. The number of nitrogens with zero attached hydrogens (tertiary/aromatic N) is 2. The summed E-state index contributed by atoms with van der Waals surface area (Å²) in [6.45, 7) is 2.63. The number of nitrogens with one attached hydrogen (secondary N) is 2. The van der Waals surface area contributed by atoms with Crippen molar-refractivity contribution >= 4 is 17.5 Å². The predicted molar refractivity (Wildman–Crippen MR) is 104 cm³/mol. The molecule has 0 radical (unpaired) electrons. The van der Waals surface area contributed by atoms with E-state index in [1.54, 1.807) is 6.20 Å². The highest BCUT2D eigenvalue weighted by Crippen LogP contribution is 2.09. The summed E-state index contributed by atoms with van der Waals surface area (Å²) >= 11 is 0. The second-order valence-corrected chi connectivity index (χ2v) is 6.48. The fraction of sp³-hybridized carbons (Fsp3) is 0.190. The van der Waals surface area contributed by atoms with Gasteiger partial charge in [0.15, 0.2) is 0 Å². The first-order valence-corrected chi connectivity index (χ1v) is 8.91. The van der Waals surface area contributed by atoms with Gasteiger partial charge in [0.05, 0.1) is 11.9 Å². The Morgan fingerprint density at radius 3 is 2.68 bits per heavy atom. The lowest BCUT2D eigenvalue weighted by Gasteiger charge is -2.06. The Balaban J connectivity index is 1.46. The molecule has 0 unspecified atom stereocenters. The van der Waals surface area contributed by atoms with E-state index in [0.717, 1.165) is 6.42 Å². The van der Waals surface area contributed by atoms with Crippen molar-refractivity contribution in [1.82, 2.24) is 15.1 Å². The summed E-state index contributed by atoms with van der Waals surface area (Å²) in [4.78, 5) is 24.2. The van der Waals surface area contributed by atoms with Crippen LogP contribution in [0.5, 0.6) is 0 Å². The van der Waals surface area contributed by atoms with E-state index in [-0.39, 0.29) is 18.4 Å². The molecule has 28 heavy (non-hydrogen) atoms. The van der Waals surface area contributed by atoms with Crippen molar-refractivity contribution in [3.8, 4) is 0 Å². The molecule has 2 N–H and O–H groups in total. The van der Waals surface area contributed by atoms with E-state index in [0.29, 0.717) is 17.8 Å². The van der Waals surface area contributed by atoms with E-state index in [1.807, 2.05) is 25.1 Å². The molecule has 0 aliphatic carbocycles. The van der Waals surface area contributed by atoms with Crippen LogP contribution in [0, 0.1) is 12.7 Å². The minimum absolute atomic E-state index is 0.0558. The van der Waals surface area contributed by atoms with Crippen molar-refractivity contribution in [2.24, 2.45) is 0 Å². The van der Waals surface area contributed by atoms with Crippen LogP contribution in [0.2, 0.25) is 0 Å². The maximum Gasteiger partial charge on any atom is 0.255 e. The largest absolute Gasteiger partial charge is 0.354 e. The molecule has 2 amide bonds. The van der Waals surface area contributed by atoms with Crippen LogP contribution in [0.4, 0.5) is 10.1 Å². The van der Waals surface area contributed by atoms with Gasteiger partial charge in [-0.2, -0.15) is 5.10 Å². The molecule has 1 aromatic heterocycles. The normalized spacial score (nSPS) is 10.5. The Morgan fingerprint density at radius 1 is 1.14 bits per heavy atom. The lowest BCUT2D eigenvalue weighted by molar-refractivity contribution is -0.121. The highest BCUT2D eigenvalue weighted by Gasteiger charge is 2.09. The number of amides is 2. The average molecular weight is 380 g/mol. The summed E-state index contributed by atoms with van der Waals surface area (Å²) in [5.41, 5.74) is 3.16. The number of carbonyl (C=O) groups excluding carboxylic acids is 2. The zero-order chi connectivity index (χ0) is 19.9. The lowest BCUT2D eigenvalue weighted by Crippen LogP contribution is -2.29. The van der Waals surface area contributed by atoms with Crippen LogP contribution in [0.25, 0.3) is 0 Å². The third-order valence-corrected chi connectivity index (χ3v) is 4.12. The van der Waals surface area contributed by atoms with Crippen molar-refractivity contribution in [3.05, 3.63) is 83.4 Å². The quantitative estimate of drug-likeness (QED) is 0.662. The number of hydrogen-bond acceptors (Lipinski definition) is 3. The van der Waals surface area contributed by atoms with Crippen LogP contribution in [-0.4, -0.2) is 28.1 Å². The van der Waals surface area contributed by atoms with Gasteiger partial charge in [-0.3, -0.25) is 14.3 Å². The third-order valence-electron chi connectivity index (χ3n) is 4.12. The number of halogens is 1. The van der Waals surface area contributed by atoms with Gasteiger partial charge in [0.25, 0.3) is 5.91 Å². The summed E-state index contributed by atoms with van der Waals surface area (Å²) in [5, 5.41) is 9.60.